The Bertz CT molecular complexity index is 1360. The molecule has 0 aromatic heterocycles. The highest BCUT2D eigenvalue weighted by atomic mass is 16.3. The number of rotatable bonds is 4. The molecule has 5 rings (SSSR count). The molecule has 1 aliphatic rings. The van der Waals surface area contributed by atoms with Gasteiger partial charge in [0, 0.05) is 16.8 Å². The van der Waals surface area contributed by atoms with Crippen LogP contribution in [0.5, 0.6) is 5.75 Å². The summed E-state index contributed by atoms with van der Waals surface area (Å²) in [5, 5.41) is 22.8. The Hall–Kier alpha value is -4.22. The first-order valence-corrected chi connectivity index (χ1v) is 10.2. The van der Waals surface area contributed by atoms with Crippen LogP contribution in [0.2, 0.25) is 0 Å². The average molecular weight is 421 g/mol. The number of fused-ring (bicyclic) bond motifs is 2. The van der Waals surface area contributed by atoms with Gasteiger partial charge in [-0.2, -0.15) is 0 Å². The summed E-state index contributed by atoms with van der Waals surface area (Å²) >= 11 is 0. The molecule has 4 aromatic rings. The molecule has 0 fully saturated rings. The van der Waals surface area contributed by atoms with E-state index in [0.717, 1.165) is 22.4 Å². The lowest BCUT2D eigenvalue weighted by Gasteiger charge is -2.21. The number of benzene rings is 4. The highest BCUT2D eigenvalue weighted by molar-refractivity contribution is 6.31. The second-order valence-electron chi connectivity index (χ2n) is 7.64. The standard InChI is InChI=1S/C27H19NO4/c29-15-16-5-7-17(8-6-16)18-9-11-19(12-10-18)28-22-13-14-23(30)25-24(22)26(31)20-3-1-2-4-21(20)27(25)32/h1-14,28-30H,15H2. The van der Waals surface area contributed by atoms with Crippen molar-refractivity contribution in [1.82, 2.24) is 0 Å². The predicted molar refractivity (Wildman–Crippen MR) is 122 cm³/mol. The third kappa shape index (κ3) is 3.25. The number of anilines is 2. The van der Waals surface area contributed by atoms with Gasteiger partial charge in [0.1, 0.15) is 5.75 Å². The number of hydrogen-bond donors (Lipinski definition) is 3. The molecule has 156 valence electrons. The molecule has 0 spiro atoms. The highest BCUT2D eigenvalue weighted by Gasteiger charge is 2.33. The number of aliphatic hydroxyl groups excluding tert-OH is 1. The van der Waals surface area contributed by atoms with E-state index in [1.54, 1.807) is 30.3 Å². The molecule has 0 aliphatic heterocycles. The van der Waals surface area contributed by atoms with Crippen molar-refractivity contribution in [1.29, 1.82) is 0 Å². The number of ketones is 2. The van der Waals surface area contributed by atoms with Crippen LogP contribution in [0.15, 0.2) is 84.9 Å². The van der Waals surface area contributed by atoms with Crippen molar-refractivity contribution in [2.24, 2.45) is 0 Å². The van der Waals surface area contributed by atoms with E-state index in [4.69, 9.17) is 0 Å². The van der Waals surface area contributed by atoms with E-state index in [1.807, 2.05) is 48.5 Å². The zero-order valence-corrected chi connectivity index (χ0v) is 17.0. The van der Waals surface area contributed by atoms with Gasteiger partial charge in [0.15, 0.2) is 11.6 Å². The summed E-state index contributed by atoms with van der Waals surface area (Å²) < 4.78 is 0. The fraction of sp³-hybridized carbons (Fsp3) is 0.0370. The van der Waals surface area contributed by atoms with Crippen molar-refractivity contribution in [3.8, 4) is 16.9 Å². The van der Waals surface area contributed by atoms with Crippen molar-refractivity contribution in [3.05, 3.63) is 113 Å². The van der Waals surface area contributed by atoms with Crippen molar-refractivity contribution >= 4 is 22.9 Å². The Morgan fingerprint density at radius 1 is 0.656 bits per heavy atom. The maximum absolute atomic E-state index is 13.2. The smallest absolute Gasteiger partial charge is 0.198 e. The number of carbonyl (C=O) groups is 2. The summed E-state index contributed by atoms with van der Waals surface area (Å²) in [5.41, 5.74) is 4.93. The lowest BCUT2D eigenvalue weighted by Crippen LogP contribution is -2.22. The second kappa shape index (κ2) is 7.80. The van der Waals surface area contributed by atoms with Crippen LogP contribution in [-0.4, -0.2) is 21.8 Å². The van der Waals surface area contributed by atoms with E-state index in [1.165, 1.54) is 6.07 Å². The van der Waals surface area contributed by atoms with Crippen LogP contribution in [0.3, 0.4) is 0 Å². The molecular weight excluding hydrogens is 402 g/mol. The normalized spacial score (nSPS) is 12.3. The van der Waals surface area contributed by atoms with Gasteiger partial charge in [-0.15, -0.1) is 0 Å². The quantitative estimate of drug-likeness (QED) is 0.353. The Balaban J connectivity index is 1.49. The van der Waals surface area contributed by atoms with Gasteiger partial charge in [-0.1, -0.05) is 60.7 Å². The molecule has 32 heavy (non-hydrogen) atoms. The molecule has 5 nitrogen and oxygen atoms in total. The molecule has 0 radical (unpaired) electrons. The topological polar surface area (TPSA) is 86.6 Å². The fourth-order valence-corrected chi connectivity index (χ4v) is 4.01. The summed E-state index contributed by atoms with van der Waals surface area (Å²) in [7, 11) is 0. The highest BCUT2D eigenvalue weighted by Crippen LogP contribution is 2.38. The van der Waals surface area contributed by atoms with Gasteiger partial charge < -0.3 is 15.5 Å². The van der Waals surface area contributed by atoms with Gasteiger partial charge in [-0.3, -0.25) is 9.59 Å². The van der Waals surface area contributed by atoms with Crippen LogP contribution in [-0.2, 0) is 6.61 Å². The molecule has 0 saturated carbocycles. The summed E-state index contributed by atoms with van der Waals surface area (Å²) in [6, 6.07) is 25.0. The third-order valence-electron chi connectivity index (χ3n) is 5.69. The summed E-state index contributed by atoms with van der Waals surface area (Å²) in [4.78, 5) is 26.2. The molecule has 1 aliphatic carbocycles. The van der Waals surface area contributed by atoms with Gasteiger partial charge in [0.05, 0.1) is 23.4 Å². The van der Waals surface area contributed by atoms with E-state index < -0.39 is 0 Å². The van der Waals surface area contributed by atoms with Gasteiger partial charge in [0.25, 0.3) is 0 Å². The Kier molecular flexibility index (Phi) is 4.81. The molecule has 0 saturated heterocycles. The number of carbonyl (C=O) groups excluding carboxylic acids is 2. The van der Waals surface area contributed by atoms with E-state index >= 15 is 0 Å². The van der Waals surface area contributed by atoms with Crippen molar-refractivity contribution in [2.45, 2.75) is 6.61 Å². The van der Waals surface area contributed by atoms with Crippen LogP contribution >= 0.6 is 0 Å². The largest absolute Gasteiger partial charge is 0.507 e. The first kappa shape index (κ1) is 19.7. The van der Waals surface area contributed by atoms with E-state index in [2.05, 4.69) is 5.32 Å². The number of aliphatic hydroxyl groups is 1. The number of aromatic hydroxyl groups is 1. The number of phenols is 1. The second-order valence-corrected chi connectivity index (χ2v) is 7.64. The zero-order chi connectivity index (χ0) is 22.2. The molecule has 0 bridgehead atoms. The minimum absolute atomic E-state index is 0.00574. The number of nitrogens with one attached hydrogen (secondary N) is 1. The van der Waals surface area contributed by atoms with Gasteiger partial charge in [-0.25, -0.2) is 0 Å². The van der Waals surface area contributed by atoms with Gasteiger partial charge >= 0.3 is 0 Å². The van der Waals surface area contributed by atoms with Crippen LogP contribution in [0.1, 0.15) is 37.4 Å². The summed E-state index contributed by atoms with van der Waals surface area (Å²) in [6.45, 7) is 0.00574. The number of phenolic OH excluding ortho intramolecular Hbond substituents is 1. The average Bonchev–Trinajstić information content (AvgIpc) is 2.84. The van der Waals surface area contributed by atoms with Crippen molar-refractivity contribution < 1.29 is 19.8 Å². The van der Waals surface area contributed by atoms with Gasteiger partial charge in [0.2, 0.25) is 0 Å². The first-order valence-electron chi connectivity index (χ1n) is 10.2. The molecule has 5 heteroatoms. The van der Waals surface area contributed by atoms with E-state index in [9.17, 15) is 19.8 Å². The van der Waals surface area contributed by atoms with Crippen LogP contribution < -0.4 is 5.32 Å². The lowest BCUT2D eigenvalue weighted by molar-refractivity contribution is 0.0977. The van der Waals surface area contributed by atoms with Crippen LogP contribution in [0, 0.1) is 0 Å². The minimum atomic E-state index is -0.363. The third-order valence-corrected chi connectivity index (χ3v) is 5.69. The maximum atomic E-state index is 13.2. The molecule has 4 aromatic carbocycles. The Morgan fingerprint density at radius 3 is 1.81 bits per heavy atom. The molecule has 0 unspecified atom stereocenters. The number of hydrogen-bond acceptors (Lipinski definition) is 5. The fourth-order valence-electron chi connectivity index (χ4n) is 4.01. The first-order chi connectivity index (χ1) is 15.6. The van der Waals surface area contributed by atoms with E-state index in [-0.39, 0.29) is 35.0 Å². The SMILES string of the molecule is O=C1c2ccccc2C(=O)c2c(Nc3ccc(-c4ccc(CO)cc4)cc3)ccc(O)c21. The van der Waals surface area contributed by atoms with Gasteiger partial charge in [-0.05, 0) is 41.0 Å². The monoisotopic (exact) mass is 421 g/mol. The minimum Gasteiger partial charge on any atom is -0.507 e. The van der Waals surface area contributed by atoms with Crippen LogP contribution in [0.25, 0.3) is 11.1 Å². The molecule has 0 amide bonds. The molecule has 0 heterocycles. The van der Waals surface area contributed by atoms with Crippen molar-refractivity contribution in [3.63, 3.8) is 0 Å². The molecule has 3 N–H and O–H groups in total. The lowest BCUT2D eigenvalue weighted by atomic mass is 9.82. The van der Waals surface area contributed by atoms with Crippen molar-refractivity contribution in [2.75, 3.05) is 5.32 Å². The Morgan fingerprint density at radius 2 is 1.22 bits per heavy atom. The molecular formula is C27H19NO4. The van der Waals surface area contributed by atoms with E-state index in [0.29, 0.717) is 16.8 Å². The maximum Gasteiger partial charge on any atom is 0.198 e. The zero-order valence-electron chi connectivity index (χ0n) is 17.0. The summed E-state index contributed by atoms with van der Waals surface area (Å²) in [6.07, 6.45) is 0. The molecule has 0 atom stereocenters. The Labute approximate surface area is 184 Å². The predicted octanol–water partition coefficient (Wildman–Crippen LogP) is 5.07. The van der Waals surface area contributed by atoms with Crippen LogP contribution in [0.4, 0.5) is 11.4 Å². The summed E-state index contributed by atoms with van der Waals surface area (Å²) in [5.74, 6) is -0.868.